The van der Waals surface area contributed by atoms with Crippen LogP contribution in [0.5, 0.6) is 0 Å². The summed E-state index contributed by atoms with van der Waals surface area (Å²) in [7, 11) is 0. The average Bonchev–Trinajstić information content (AvgIpc) is 2.59. The van der Waals surface area contributed by atoms with Gasteiger partial charge in [-0.05, 0) is 28.3 Å². The summed E-state index contributed by atoms with van der Waals surface area (Å²) in [5, 5.41) is 5.28. The van der Waals surface area contributed by atoms with Gasteiger partial charge in [0.05, 0.1) is 6.04 Å². The Labute approximate surface area is 137 Å². The van der Waals surface area contributed by atoms with Gasteiger partial charge in [0.1, 0.15) is 0 Å². The van der Waals surface area contributed by atoms with E-state index in [9.17, 15) is 4.79 Å². The van der Waals surface area contributed by atoms with Crippen molar-refractivity contribution in [3.05, 3.63) is 83.9 Å². The lowest BCUT2D eigenvalue weighted by Gasteiger charge is -2.23. The van der Waals surface area contributed by atoms with Crippen molar-refractivity contribution in [3.8, 4) is 0 Å². The maximum atomic E-state index is 12.8. The summed E-state index contributed by atoms with van der Waals surface area (Å²) in [4.78, 5) is 12.8. The number of nitrogens with one attached hydrogen (secondary N) is 1. The van der Waals surface area contributed by atoms with Gasteiger partial charge in [0.2, 0.25) is 0 Å². The monoisotopic (exact) mass is 303 g/mol. The van der Waals surface area contributed by atoms with E-state index in [4.69, 9.17) is 0 Å². The minimum absolute atomic E-state index is 0.00247. The third-order valence-electron chi connectivity index (χ3n) is 4.15. The molecule has 0 heterocycles. The molecule has 0 aliphatic heterocycles. The first-order valence-electron chi connectivity index (χ1n) is 8.00. The molecule has 3 aromatic carbocycles. The van der Waals surface area contributed by atoms with Crippen molar-refractivity contribution in [2.24, 2.45) is 5.92 Å². The van der Waals surface area contributed by atoms with E-state index >= 15 is 0 Å². The largest absolute Gasteiger partial charge is 0.345 e. The molecule has 1 N–H and O–H groups in total. The zero-order chi connectivity index (χ0) is 16.2. The lowest BCUT2D eigenvalue weighted by atomic mass is 9.95. The standard InChI is InChI=1S/C21H21NO/c1-15(2)20(17-10-4-3-5-11-17)22-21(23)19-14-8-12-16-9-6-7-13-18(16)19/h3-15,20H,1-2H3,(H,22,23)/t20-/m1/s1. The fourth-order valence-corrected chi connectivity index (χ4v) is 2.94. The highest BCUT2D eigenvalue weighted by Gasteiger charge is 2.19. The Morgan fingerprint density at radius 2 is 1.48 bits per heavy atom. The molecule has 0 radical (unpaired) electrons. The fraction of sp³-hybridized carbons (Fsp3) is 0.190. The van der Waals surface area contributed by atoms with Crippen molar-refractivity contribution in [2.45, 2.75) is 19.9 Å². The normalized spacial score (nSPS) is 12.3. The van der Waals surface area contributed by atoms with Crippen LogP contribution in [0.2, 0.25) is 0 Å². The summed E-state index contributed by atoms with van der Waals surface area (Å²) in [5.74, 6) is 0.292. The SMILES string of the molecule is CC(C)[C@@H](NC(=O)c1cccc2ccccc12)c1ccccc1. The first kappa shape index (κ1) is 15.3. The van der Waals surface area contributed by atoms with Crippen molar-refractivity contribution in [1.82, 2.24) is 5.32 Å². The van der Waals surface area contributed by atoms with Crippen molar-refractivity contribution >= 4 is 16.7 Å². The summed E-state index contributed by atoms with van der Waals surface area (Å²) < 4.78 is 0. The van der Waals surface area contributed by atoms with E-state index in [1.807, 2.05) is 60.7 Å². The van der Waals surface area contributed by atoms with Crippen molar-refractivity contribution < 1.29 is 4.79 Å². The molecule has 23 heavy (non-hydrogen) atoms. The third-order valence-corrected chi connectivity index (χ3v) is 4.15. The smallest absolute Gasteiger partial charge is 0.252 e. The number of carbonyl (C=O) groups excluding carboxylic acids is 1. The number of amides is 1. The highest BCUT2D eigenvalue weighted by Crippen LogP contribution is 2.24. The maximum Gasteiger partial charge on any atom is 0.252 e. The Balaban J connectivity index is 1.93. The molecule has 0 saturated heterocycles. The van der Waals surface area contributed by atoms with Crippen LogP contribution >= 0.6 is 0 Å². The minimum atomic E-state index is -0.0237. The molecular formula is C21H21NO. The molecule has 3 aromatic rings. The van der Waals surface area contributed by atoms with Crippen LogP contribution in [0, 0.1) is 5.92 Å². The number of carbonyl (C=O) groups is 1. The highest BCUT2D eigenvalue weighted by atomic mass is 16.1. The van der Waals surface area contributed by atoms with Gasteiger partial charge in [-0.25, -0.2) is 0 Å². The maximum absolute atomic E-state index is 12.8. The number of fused-ring (bicyclic) bond motifs is 1. The Morgan fingerprint density at radius 1 is 0.826 bits per heavy atom. The molecule has 0 fully saturated rings. The van der Waals surface area contributed by atoms with Crippen LogP contribution in [0.15, 0.2) is 72.8 Å². The van der Waals surface area contributed by atoms with Gasteiger partial charge in [-0.2, -0.15) is 0 Å². The van der Waals surface area contributed by atoms with Gasteiger partial charge in [0.25, 0.3) is 5.91 Å². The number of hydrogen-bond acceptors (Lipinski definition) is 1. The predicted molar refractivity (Wildman–Crippen MR) is 95.4 cm³/mol. The second-order valence-corrected chi connectivity index (χ2v) is 6.13. The summed E-state index contributed by atoms with van der Waals surface area (Å²) in [6.45, 7) is 4.25. The van der Waals surface area contributed by atoms with Gasteiger partial charge >= 0.3 is 0 Å². The second kappa shape index (κ2) is 6.66. The topological polar surface area (TPSA) is 29.1 Å². The molecule has 0 aliphatic carbocycles. The van der Waals surface area contributed by atoms with Crippen LogP contribution in [0.25, 0.3) is 10.8 Å². The molecule has 2 nitrogen and oxygen atoms in total. The molecule has 116 valence electrons. The lowest BCUT2D eigenvalue weighted by Crippen LogP contribution is -2.31. The van der Waals surface area contributed by atoms with Crippen LogP contribution in [0.3, 0.4) is 0 Å². The van der Waals surface area contributed by atoms with Crippen LogP contribution in [0.4, 0.5) is 0 Å². The van der Waals surface area contributed by atoms with Gasteiger partial charge in [0.15, 0.2) is 0 Å². The molecule has 0 aliphatic rings. The molecule has 0 aromatic heterocycles. The van der Waals surface area contributed by atoms with E-state index in [2.05, 4.69) is 31.3 Å². The summed E-state index contributed by atoms with van der Waals surface area (Å²) in [6, 6.07) is 24.0. The van der Waals surface area contributed by atoms with Gasteiger partial charge in [-0.3, -0.25) is 4.79 Å². The molecule has 1 amide bonds. The van der Waals surface area contributed by atoms with E-state index < -0.39 is 0 Å². The van der Waals surface area contributed by atoms with Crippen LogP contribution < -0.4 is 5.32 Å². The van der Waals surface area contributed by atoms with E-state index in [1.165, 1.54) is 0 Å². The molecule has 0 bridgehead atoms. The Bertz CT molecular complexity index is 803. The number of hydrogen-bond donors (Lipinski definition) is 1. The van der Waals surface area contributed by atoms with Crippen LogP contribution in [-0.4, -0.2) is 5.91 Å². The van der Waals surface area contributed by atoms with E-state index in [1.54, 1.807) is 0 Å². The zero-order valence-corrected chi connectivity index (χ0v) is 13.5. The predicted octanol–water partition coefficient (Wildman–Crippen LogP) is 4.97. The molecule has 0 unspecified atom stereocenters. The molecule has 2 heteroatoms. The first-order valence-corrected chi connectivity index (χ1v) is 8.00. The molecule has 0 spiro atoms. The quantitative estimate of drug-likeness (QED) is 0.724. The Hall–Kier alpha value is -2.61. The molecule has 0 saturated carbocycles. The van der Waals surface area contributed by atoms with E-state index in [0.29, 0.717) is 5.92 Å². The van der Waals surface area contributed by atoms with Gasteiger partial charge in [-0.1, -0.05) is 80.6 Å². The third kappa shape index (κ3) is 3.26. The zero-order valence-electron chi connectivity index (χ0n) is 13.5. The van der Waals surface area contributed by atoms with E-state index in [-0.39, 0.29) is 11.9 Å². The summed E-state index contributed by atoms with van der Waals surface area (Å²) >= 11 is 0. The summed E-state index contributed by atoms with van der Waals surface area (Å²) in [5.41, 5.74) is 1.86. The Kier molecular flexibility index (Phi) is 4.42. The van der Waals surface area contributed by atoms with Crippen molar-refractivity contribution in [1.29, 1.82) is 0 Å². The van der Waals surface area contributed by atoms with E-state index in [0.717, 1.165) is 21.9 Å². The first-order chi connectivity index (χ1) is 11.2. The van der Waals surface area contributed by atoms with Crippen molar-refractivity contribution in [2.75, 3.05) is 0 Å². The Morgan fingerprint density at radius 3 is 2.22 bits per heavy atom. The second-order valence-electron chi connectivity index (χ2n) is 6.13. The van der Waals surface area contributed by atoms with Crippen LogP contribution in [0.1, 0.15) is 35.8 Å². The highest BCUT2D eigenvalue weighted by molar-refractivity contribution is 6.07. The molecule has 1 atom stereocenters. The average molecular weight is 303 g/mol. The number of rotatable bonds is 4. The van der Waals surface area contributed by atoms with Gasteiger partial charge in [0, 0.05) is 5.56 Å². The van der Waals surface area contributed by atoms with Gasteiger partial charge in [-0.15, -0.1) is 0 Å². The summed E-state index contributed by atoms with van der Waals surface area (Å²) in [6.07, 6.45) is 0. The minimum Gasteiger partial charge on any atom is -0.345 e. The molecule has 3 rings (SSSR count). The van der Waals surface area contributed by atoms with Crippen molar-refractivity contribution in [3.63, 3.8) is 0 Å². The van der Waals surface area contributed by atoms with Crippen LogP contribution in [-0.2, 0) is 0 Å². The van der Waals surface area contributed by atoms with Gasteiger partial charge < -0.3 is 5.32 Å². The fourth-order valence-electron chi connectivity index (χ4n) is 2.94. The number of benzene rings is 3. The lowest BCUT2D eigenvalue weighted by molar-refractivity contribution is 0.0927. The molecular weight excluding hydrogens is 282 g/mol.